The molecule has 0 fully saturated rings. The maximum Gasteiger partial charge on any atom is 0.0636 e. The van der Waals surface area contributed by atoms with Gasteiger partial charge in [0.1, 0.15) is 0 Å². The molecule has 0 spiro atoms. The van der Waals surface area contributed by atoms with Crippen LogP contribution in [0.15, 0.2) is 193 Å². The molecule has 0 heterocycles. The molecule has 0 saturated carbocycles. The molecule has 0 saturated heterocycles. The van der Waals surface area contributed by atoms with Crippen LogP contribution >= 0.6 is 0 Å². The molecular formula is C48H32. The van der Waals surface area contributed by atoms with Crippen molar-refractivity contribution in [2.75, 3.05) is 0 Å². The van der Waals surface area contributed by atoms with E-state index in [0.717, 1.165) is 0 Å². The van der Waals surface area contributed by atoms with Gasteiger partial charge in [-0.25, -0.2) is 0 Å². The number of benzene rings is 9. The zero-order chi connectivity index (χ0) is 59.7. The zero-order valence-electron chi connectivity index (χ0n) is 56.0. The van der Waals surface area contributed by atoms with E-state index in [-0.39, 0.29) is 0 Å². The summed E-state index contributed by atoms with van der Waals surface area (Å²) in [5.41, 5.74) is -9.82. The molecule has 0 aromatic heterocycles. The van der Waals surface area contributed by atoms with Gasteiger partial charge in [-0.3, -0.25) is 0 Å². The highest BCUT2D eigenvalue weighted by molar-refractivity contribution is 6.22. The SMILES string of the molecule is [2H]c1c([2H])c([2H])c(-c2c([2H])c(-c3c([2H])c([2H])c([2H])c([2H])c3[2H])c([2H])c(-c3c4c([2H])c([2H])c([2H])c([2H])c4c(-c4c([2H])c([2H])c([2H])c([2H])c4[2H])c4c([2H])c(-c5c([2H])c([2H])c6c([2H])c([2H])c([2H])c([2H])c6c5[2H])c([2H])c([2H])c34)c2[2H])c([2H])c1[2H]. The van der Waals surface area contributed by atoms with Gasteiger partial charge in [0, 0.05) is 0 Å². The summed E-state index contributed by atoms with van der Waals surface area (Å²) in [4.78, 5) is 0. The molecule has 48 heavy (non-hydrogen) atoms. The molecule has 224 valence electrons. The molecule has 0 radical (unpaired) electrons. The first-order chi connectivity index (χ1) is 37.1. The van der Waals surface area contributed by atoms with E-state index in [1.54, 1.807) is 0 Å². The summed E-state index contributed by atoms with van der Waals surface area (Å²) >= 11 is 0. The lowest BCUT2D eigenvalue weighted by atomic mass is 9.83. The average Bonchev–Trinajstić information content (AvgIpc) is 2.36. The van der Waals surface area contributed by atoms with Gasteiger partial charge in [0.25, 0.3) is 0 Å². The van der Waals surface area contributed by atoms with Crippen LogP contribution in [0.2, 0.25) is 0 Å². The Hall–Kier alpha value is -6.24. The summed E-state index contributed by atoms with van der Waals surface area (Å²) < 4.78 is 289. The van der Waals surface area contributed by atoms with Gasteiger partial charge in [-0.15, -0.1) is 0 Å². The van der Waals surface area contributed by atoms with E-state index >= 15 is 0 Å². The maximum absolute atomic E-state index is 10.2. The van der Waals surface area contributed by atoms with Crippen LogP contribution in [-0.4, -0.2) is 0 Å². The Morgan fingerprint density at radius 1 is 0.229 bits per heavy atom. The minimum atomic E-state index is -1.24. The fraction of sp³-hybridized carbons (Fsp3) is 0. The summed E-state index contributed by atoms with van der Waals surface area (Å²) in [5.74, 6) is 0. The fourth-order valence-electron chi connectivity index (χ4n) is 5.22. The van der Waals surface area contributed by atoms with Crippen molar-refractivity contribution in [1.82, 2.24) is 0 Å². The Bertz CT molecular complexity index is 4240. The third kappa shape index (κ3) is 4.96. The second-order valence-corrected chi connectivity index (χ2v) is 10.0. The standard InChI is InChI=1S/C48H32/c1-4-14-33(15-5-1)40-29-41(34-16-6-2-7-17-34)31-42(30-40)48-44-23-13-12-22-43(44)47(36-19-8-3-9-20-36)46-32-39(26-27-45(46)48)38-25-24-35-18-10-11-21-37(35)28-38/h1-32H/i1D,2D,3D,4D,5D,6D,7D,8D,9D,10D,11D,12D,13D,14D,15D,16D,17D,18D,19D,20D,21D,22D,23D,24D,25D,26D,27D,28D,29D,30D,31D,32D. The van der Waals surface area contributed by atoms with Gasteiger partial charge in [0.15, 0.2) is 0 Å². The zero-order valence-corrected chi connectivity index (χ0v) is 24.0. The average molecular weight is 641 g/mol. The molecule has 9 aromatic carbocycles. The predicted molar refractivity (Wildman–Crippen MR) is 206 cm³/mol. The van der Waals surface area contributed by atoms with Crippen LogP contribution in [-0.2, 0) is 0 Å². The number of rotatable bonds is 5. The molecule has 0 aliphatic carbocycles. The maximum atomic E-state index is 10.2. The van der Waals surface area contributed by atoms with E-state index < -0.39 is 281 Å². The summed E-state index contributed by atoms with van der Waals surface area (Å²) in [5, 5.41) is -5.13. The highest BCUT2D eigenvalue weighted by Crippen LogP contribution is 2.46. The van der Waals surface area contributed by atoms with E-state index in [9.17, 15) is 16.4 Å². The van der Waals surface area contributed by atoms with Gasteiger partial charge < -0.3 is 0 Å². The Kier molecular flexibility index (Phi) is 2.56. The third-order valence-corrected chi connectivity index (χ3v) is 7.25. The molecule has 9 aromatic rings. The van der Waals surface area contributed by atoms with Crippen molar-refractivity contribution in [2.24, 2.45) is 0 Å². The van der Waals surface area contributed by atoms with Gasteiger partial charge in [0.05, 0.1) is 43.9 Å². The molecule has 0 unspecified atom stereocenters. The van der Waals surface area contributed by atoms with E-state index in [4.69, 9.17) is 27.4 Å². The molecule has 0 N–H and O–H groups in total. The first-order valence-electron chi connectivity index (χ1n) is 30.0. The molecule has 9 rings (SSSR count). The number of fused-ring (bicyclic) bond motifs is 3. The van der Waals surface area contributed by atoms with Crippen molar-refractivity contribution in [3.8, 4) is 55.6 Å². The van der Waals surface area contributed by atoms with Crippen molar-refractivity contribution in [1.29, 1.82) is 0 Å². The predicted octanol–water partition coefficient (Wildman–Crippen LogP) is 13.5. The lowest BCUT2D eigenvalue weighted by Gasteiger charge is -2.20. The lowest BCUT2D eigenvalue weighted by molar-refractivity contribution is 1.58. The van der Waals surface area contributed by atoms with Gasteiger partial charge in [-0.1, -0.05) is 163 Å². The third-order valence-electron chi connectivity index (χ3n) is 7.25. The topological polar surface area (TPSA) is 0 Å². The van der Waals surface area contributed by atoms with Crippen LogP contribution in [0.25, 0.3) is 88.0 Å². The minimum Gasteiger partial charge on any atom is -0.0622 e. The summed E-state index contributed by atoms with van der Waals surface area (Å²) in [6, 6.07) is -34.3. The van der Waals surface area contributed by atoms with E-state index in [2.05, 4.69) is 0 Å². The Morgan fingerprint density at radius 3 is 1.29 bits per heavy atom. The van der Waals surface area contributed by atoms with Gasteiger partial charge in [-0.2, -0.15) is 0 Å². The van der Waals surface area contributed by atoms with E-state index in [0.29, 0.717) is 0 Å². The largest absolute Gasteiger partial charge is 0.0636 e. The minimum absolute atomic E-state index is 0.641. The van der Waals surface area contributed by atoms with Crippen molar-refractivity contribution in [2.45, 2.75) is 0 Å². The van der Waals surface area contributed by atoms with Crippen molar-refractivity contribution >= 4 is 32.3 Å². The Morgan fingerprint density at radius 2 is 0.667 bits per heavy atom. The highest BCUT2D eigenvalue weighted by Gasteiger charge is 2.19. The van der Waals surface area contributed by atoms with Crippen LogP contribution in [0.5, 0.6) is 0 Å². The normalized spacial score (nSPS) is 20.7. The van der Waals surface area contributed by atoms with Gasteiger partial charge in [0.2, 0.25) is 0 Å². The summed E-state index contributed by atoms with van der Waals surface area (Å²) in [6.45, 7) is 0. The highest BCUT2D eigenvalue weighted by atomic mass is 14.2. The van der Waals surface area contributed by atoms with Crippen molar-refractivity contribution in [3.63, 3.8) is 0 Å². The molecule has 0 amide bonds. The van der Waals surface area contributed by atoms with Gasteiger partial charge in [-0.05, 0) is 118 Å². The van der Waals surface area contributed by atoms with E-state index in [1.807, 2.05) is 0 Å². The summed E-state index contributed by atoms with van der Waals surface area (Å²) in [6.07, 6.45) is 0. The fourth-order valence-corrected chi connectivity index (χ4v) is 5.22. The van der Waals surface area contributed by atoms with Crippen LogP contribution in [0.1, 0.15) is 43.9 Å². The van der Waals surface area contributed by atoms with Crippen LogP contribution in [0.3, 0.4) is 0 Å². The monoisotopic (exact) mass is 640 g/mol. The quantitative estimate of drug-likeness (QED) is 0.164. The number of hydrogen-bond donors (Lipinski definition) is 0. The molecule has 0 bridgehead atoms. The summed E-state index contributed by atoms with van der Waals surface area (Å²) in [7, 11) is 0. The molecule has 0 nitrogen and oxygen atoms in total. The Balaban J connectivity index is 1.71. The second-order valence-electron chi connectivity index (χ2n) is 10.0. The molecule has 0 atom stereocenters. The molecular weight excluding hydrogens is 577 g/mol. The second kappa shape index (κ2) is 11.8. The van der Waals surface area contributed by atoms with Crippen LogP contribution in [0.4, 0.5) is 0 Å². The van der Waals surface area contributed by atoms with E-state index in [1.165, 1.54) is 0 Å². The first kappa shape index (κ1) is 10.4. The first-order valence-corrected chi connectivity index (χ1v) is 14.0. The van der Waals surface area contributed by atoms with Crippen LogP contribution < -0.4 is 0 Å². The van der Waals surface area contributed by atoms with Crippen molar-refractivity contribution in [3.05, 3.63) is 193 Å². The van der Waals surface area contributed by atoms with Crippen molar-refractivity contribution < 1.29 is 43.9 Å². The molecule has 0 aliphatic rings. The number of hydrogen-bond acceptors (Lipinski definition) is 0. The smallest absolute Gasteiger partial charge is 0.0622 e. The Labute approximate surface area is 326 Å². The lowest BCUT2D eigenvalue weighted by Crippen LogP contribution is -1.93. The molecule has 0 heteroatoms. The van der Waals surface area contributed by atoms with Gasteiger partial charge >= 0.3 is 0 Å². The molecule has 0 aliphatic heterocycles. The van der Waals surface area contributed by atoms with Crippen LogP contribution in [0, 0.1) is 0 Å².